The maximum absolute atomic E-state index is 10.1. The lowest BCUT2D eigenvalue weighted by molar-refractivity contribution is 0.122. The maximum atomic E-state index is 10.1. The molecule has 0 bridgehead atoms. The van der Waals surface area contributed by atoms with Gasteiger partial charge in [-0.15, -0.1) is 0 Å². The first-order chi connectivity index (χ1) is 3.39. The molecule has 0 spiro atoms. The summed E-state index contributed by atoms with van der Waals surface area (Å²) in [6.07, 6.45) is -0.397. The van der Waals surface area contributed by atoms with Crippen LogP contribution in [0.25, 0.3) is 0 Å². The molecular weight excluding hydrogens is 96.0 g/mol. The van der Waals surface area contributed by atoms with Gasteiger partial charge in [-0.3, -0.25) is 5.43 Å². The molecule has 1 saturated heterocycles. The summed E-state index contributed by atoms with van der Waals surface area (Å²) < 4.78 is 4.47. The van der Waals surface area contributed by atoms with E-state index in [-0.39, 0.29) is 0 Å². The van der Waals surface area contributed by atoms with Crippen LogP contribution in [0.1, 0.15) is 0 Å². The van der Waals surface area contributed by atoms with E-state index in [1.807, 2.05) is 0 Å². The summed E-state index contributed by atoms with van der Waals surface area (Å²) in [4.78, 5) is 10.1. The van der Waals surface area contributed by atoms with Crippen LogP contribution in [0.3, 0.4) is 0 Å². The second kappa shape index (κ2) is 1.79. The normalized spacial score (nSPS) is 20.3. The lowest BCUT2D eigenvalue weighted by Crippen LogP contribution is -2.45. The van der Waals surface area contributed by atoms with E-state index in [1.165, 1.54) is 0 Å². The molecule has 1 aliphatic heterocycles. The lowest BCUT2D eigenvalue weighted by Gasteiger charge is -2.12. The molecule has 0 aromatic carbocycles. The average Bonchev–Trinajstić information content (AvgIpc) is 1.69. The molecule has 0 atom stereocenters. The molecule has 7 heavy (non-hydrogen) atoms. The van der Waals surface area contributed by atoms with Crippen LogP contribution in [0.4, 0.5) is 4.79 Å². The van der Waals surface area contributed by atoms with E-state index in [0.717, 1.165) is 0 Å². The molecular formula is C3H6N2O2. The number of ether oxygens (including phenoxy) is 1. The van der Waals surface area contributed by atoms with Crippen molar-refractivity contribution in [2.45, 2.75) is 0 Å². The Morgan fingerprint density at radius 2 is 2.57 bits per heavy atom. The van der Waals surface area contributed by atoms with Gasteiger partial charge in [0, 0.05) is 6.54 Å². The SMILES string of the molecule is O=C1NNCCO1. The van der Waals surface area contributed by atoms with Gasteiger partial charge in [-0.2, -0.15) is 0 Å². The molecule has 0 radical (unpaired) electrons. The molecule has 1 rings (SSSR count). The second-order valence-electron chi connectivity index (χ2n) is 1.19. The number of hydrazine groups is 1. The standard InChI is InChI=1S/C3H6N2O2/c6-3-5-4-1-2-7-3/h4H,1-2H2,(H,5,6). The Bertz CT molecular complexity index is 75.0. The minimum Gasteiger partial charge on any atom is -0.447 e. The zero-order chi connectivity index (χ0) is 5.11. The van der Waals surface area contributed by atoms with E-state index in [0.29, 0.717) is 13.2 Å². The van der Waals surface area contributed by atoms with Crippen LogP contribution in [0.2, 0.25) is 0 Å². The highest BCUT2D eigenvalue weighted by molar-refractivity contribution is 5.66. The number of hydrogen-bond acceptors (Lipinski definition) is 3. The molecule has 1 fully saturated rings. The highest BCUT2D eigenvalue weighted by Crippen LogP contribution is 1.77. The Morgan fingerprint density at radius 3 is 2.86 bits per heavy atom. The second-order valence-corrected chi connectivity index (χ2v) is 1.19. The van der Waals surface area contributed by atoms with Gasteiger partial charge in [0.15, 0.2) is 0 Å². The van der Waals surface area contributed by atoms with Gasteiger partial charge in [0.25, 0.3) is 0 Å². The quantitative estimate of drug-likeness (QED) is 0.422. The molecule has 4 nitrogen and oxygen atoms in total. The van der Waals surface area contributed by atoms with Crippen molar-refractivity contribution in [3.05, 3.63) is 0 Å². The van der Waals surface area contributed by atoms with E-state index in [9.17, 15) is 4.79 Å². The van der Waals surface area contributed by atoms with Crippen molar-refractivity contribution < 1.29 is 9.53 Å². The Morgan fingerprint density at radius 1 is 1.71 bits per heavy atom. The molecule has 40 valence electrons. The molecule has 0 saturated carbocycles. The third-order valence-corrected chi connectivity index (χ3v) is 0.651. The van der Waals surface area contributed by atoms with Gasteiger partial charge in [0.05, 0.1) is 0 Å². The Kier molecular flexibility index (Phi) is 1.12. The van der Waals surface area contributed by atoms with Crippen LogP contribution in [0, 0.1) is 0 Å². The van der Waals surface area contributed by atoms with Crippen molar-refractivity contribution in [3.8, 4) is 0 Å². The summed E-state index contributed by atoms with van der Waals surface area (Å²) in [5.41, 5.74) is 4.88. The number of carbonyl (C=O) groups excluding carboxylic acids is 1. The molecule has 1 amide bonds. The van der Waals surface area contributed by atoms with Crippen molar-refractivity contribution in [1.82, 2.24) is 10.9 Å². The van der Waals surface area contributed by atoms with Crippen molar-refractivity contribution >= 4 is 6.09 Å². The summed E-state index contributed by atoms with van der Waals surface area (Å²) in [5.74, 6) is 0. The highest BCUT2D eigenvalue weighted by atomic mass is 16.6. The van der Waals surface area contributed by atoms with Crippen molar-refractivity contribution in [1.29, 1.82) is 0 Å². The van der Waals surface area contributed by atoms with Crippen LogP contribution in [-0.4, -0.2) is 19.2 Å². The molecule has 0 aromatic heterocycles. The molecule has 4 heteroatoms. The van der Waals surface area contributed by atoms with Gasteiger partial charge in [-0.05, 0) is 0 Å². The summed E-state index contributed by atoms with van der Waals surface area (Å²) in [6.45, 7) is 1.15. The summed E-state index contributed by atoms with van der Waals surface area (Å²) in [6, 6.07) is 0. The van der Waals surface area contributed by atoms with Gasteiger partial charge < -0.3 is 4.74 Å². The van der Waals surface area contributed by atoms with Crippen molar-refractivity contribution in [2.75, 3.05) is 13.2 Å². The Labute approximate surface area is 40.8 Å². The summed E-state index contributed by atoms with van der Waals surface area (Å²) in [7, 11) is 0. The third kappa shape index (κ3) is 1.04. The number of amides is 1. The van der Waals surface area contributed by atoms with Gasteiger partial charge in [-0.1, -0.05) is 0 Å². The smallest absolute Gasteiger partial charge is 0.421 e. The number of rotatable bonds is 0. The third-order valence-electron chi connectivity index (χ3n) is 0.651. The van der Waals surface area contributed by atoms with Crippen LogP contribution in [-0.2, 0) is 4.74 Å². The minimum absolute atomic E-state index is 0.397. The Hall–Kier alpha value is -0.770. The van der Waals surface area contributed by atoms with Crippen molar-refractivity contribution in [2.24, 2.45) is 0 Å². The summed E-state index contributed by atoms with van der Waals surface area (Å²) in [5, 5.41) is 0. The molecule has 1 aliphatic rings. The molecule has 0 aromatic rings. The topological polar surface area (TPSA) is 50.4 Å². The van der Waals surface area contributed by atoms with E-state index < -0.39 is 6.09 Å². The van der Waals surface area contributed by atoms with Crippen LogP contribution >= 0.6 is 0 Å². The van der Waals surface area contributed by atoms with Crippen molar-refractivity contribution in [3.63, 3.8) is 0 Å². The largest absolute Gasteiger partial charge is 0.447 e. The minimum atomic E-state index is -0.397. The van der Waals surface area contributed by atoms with Gasteiger partial charge in [0.1, 0.15) is 6.61 Å². The molecule has 2 N–H and O–H groups in total. The predicted molar refractivity (Wildman–Crippen MR) is 22.5 cm³/mol. The van der Waals surface area contributed by atoms with Gasteiger partial charge in [-0.25, -0.2) is 10.2 Å². The zero-order valence-corrected chi connectivity index (χ0v) is 3.73. The lowest BCUT2D eigenvalue weighted by atomic mass is 10.7. The fraction of sp³-hybridized carbons (Fsp3) is 0.667. The van der Waals surface area contributed by atoms with Crippen LogP contribution in [0.15, 0.2) is 0 Å². The highest BCUT2D eigenvalue weighted by Gasteiger charge is 2.03. The fourth-order valence-corrected chi connectivity index (χ4v) is 0.366. The first-order valence-corrected chi connectivity index (χ1v) is 2.05. The molecule has 1 heterocycles. The number of cyclic esters (lactones) is 1. The summed E-state index contributed by atoms with van der Waals surface area (Å²) >= 11 is 0. The number of hydrogen-bond donors (Lipinski definition) is 2. The maximum Gasteiger partial charge on any atom is 0.421 e. The average molecular weight is 102 g/mol. The van der Waals surface area contributed by atoms with E-state index >= 15 is 0 Å². The number of carbonyl (C=O) groups is 1. The van der Waals surface area contributed by atoms with E-state index in [4.69, 9.17) is 0 Å². The Balaban J connectivity index is 2.25. The predicted octanol–water partition coefficient (Wildman–Crippen LogP) is -0.769. The van der Waals surface area contributed by atoms with E-state index in [2.05, 4.69) is 15.6 Å². The molecule has 0 unspecified atom stereocenters. The van der Waals surface area contributed by atoms with Crippen LogP contribution in [0.5, 0.6) is 0 Å². The first-order valence-electron chi connectivity index (χ1n) is 2.05. The first kappa shape index (κ1) is 4.39. The zero-order valence-electron chi connectivity index (χ0n) is 3.73. The van der Waals surface area contributed by atoms with Gasteiger partial charge in [0.2, 0.25) is 0 Å². The van der Waals surface area contributed by atoms with Crippen LogP contribution < -0.4 is 10.9 Å². The monoisotopic (exact) mass is 102 g/mol. The fourth-order valence-electron chi connectivity index (χ4n) is 0.366. The van der Waals surface area contributed by atoms with Gasteiger partial charge >= 0.3 is 6.09 Å². The molecule has 0 aliphatic carbocycles. The van der Waals surface area contributed by atoms with E-state index in [1.54, 1.807) is 0 Å². The number of nitrogens with one attached hydrogen (secondary N) is 2.